The third-order valence-corrected chi connectivity index (χ3v) is 3.77. The Balaban J connectivity index is 2.60. The van der Waals surface area contributed by atoms with Crippen LogP contribution in [0, 0.1) is 6.92 Å². The maximum atomic E-state index is 12.0. The number of hydrogen-bond acceptors (Lipinski definition) is 3. The fourth-order valence-corrected chi connectivity index (χ4v) is 2.90. The highest BCUT2D eigenvalue weighted by molar-refractivity contribution is 6.00. The van der Waals surface area contributed by atoms with Gasteiger partial charge in [-0.2, -0.15) is 0 Å². The second-order valence-corrected chi connectivity index (χ2v) is 4.94. The number of nitrogens with zero attached hydrogens (tertiary/aromatic N) is 1. The molecule has 0 N–H and O–H groups in total. The number of aromatic nitrogens is 1. The van der Waals surface area contributed by atoms with Crippen LogP contribution in [0.3, 0.4) is 0 Å². The predicted octanol–water partition coefficient (Wildman–Crippen LogP) is 2.85. The van der Waals surface area contributed by atoms with Crippen LogP contribution in [0.25, 0.3) is 0 Å². The smallest absolute Gasteiger partial charge is 0.340 e. The van der Waals surface area contributed by atoms with Crippen LogP contribution in [0.2, 0.25) is 0 Å². The highest BCUT2D eigenvalue weighted by atomic mass is 16.5. The molecule has 0 radical (unpaired) electrons. The van der Waals surface area contributed by atoms with E-state index in [1.807, 2.05) is 13.8 Å². The maximum absolute atomic E-state index is 12.0. The molecule has 19 heavy (non-hydrogen) atoms. The summed E-state index contributed by atoms with van der Waals surface area (Å²) in [6, 6.07) is 0. The molecular weight excluding hydrogens is 242 g/mol. The van der Waals surface area contributed by atoms with Crippen LogP contribution in [0.5, 0.6) is 0 Å². The van der Waals surface area contributed by atoms with Gasteiger partial charge in [0, 0.05) is 23.9 Å². The van der Waals surface area contributed by atoms with E-state index in [4.69, 9.17) is 4.74 Å². The Morgan fingerprint density at radius 3 is 2.79 bits per heavy atom. The van der Waals surface area contributed by atoms with Crippen LogP contribution in [0.15, 0.2) is 12.2 Å². The van der Waals surface area contributed by atoms with Crippen LogP contribution >= 0.6 is 0 Å². The average molecular weight is 261 g/mol. The molecule has 1 aliphatic rings. The molecule has 4 heteroatoms. The summed E-state index contributed by atoms with van der Waals surface area (Å²) >= 11 is 0. The normalized spacial score (nSPS) is 17.1. The number of carbonyl (C=O) groups excluding carboxylic acids is 2. The van der Waals surface area contributed by atoms with Crippen molar-refractivity contribution < 1.29 is 14.3 Å². The van der Waals surface area contributed by atoms with Gasteiger partial charge < -0.3 is 9.30 Å². The Kier molecular flexibility index (Phi) is 3.60. The second-order valence-electron chi connectivity index (χ2n) is 4.94. The zero-order valence-electron chi connectivity index (χ0n) is 11.7. The van der Waals surface area contributed by atoms with Crippen molar-refractivity contribution in [1.29, 1.82) is 0 Å². The standard InChI is InChI=1S/C15H19NO3/c1-5-19-15(18)13-10(4)16-7-6-11(9(2)3)14(16)12(13)8-17/h8,11H,2,5-7H2,1,3-4H3. The summed E-state index contributed by atoms with van der Waals surface area (Å²) in [7, 11) is 0. The van der Waals surface area contributed by atoms with Crippen LogP contribution in [-0.4, -0.2) is 23.4 Å². The van der Waals surface area contributed by atoms with E-state index in [2.05, 4.69) is 11.1 Å². The molecule has 2 rings (SSSR count). The van der Waals surface area contributed by atoms with Gasteiger partial charge in [0.05, 0.1) is 17.7 Å². The summed E-state index contributed by atoms with van der Waals surface area (Å²) in [4.78, 5) is 23.4. The van der Waals surface area contributed by atoms with E-state index in [0.29, 0.717) is 17.7 Å². The molecule has 1 atom stereocenters. The van der Waals surface area contributed by atoms with Gasteiger partial charge in [0.2, 0.25) is 0 Å². The summed E-state index contributed by atoms with van der Waals surface area (Å²) in [6.45, 7) is 10.7. The van der Waals surface area contributed by atoms with Gasteiger partial charge in [-0.05, 0) is 27.2 Å². The molecule has 1 aliphatic heterocycles. The zero-order valence-corrected chi connectivity index (χ0v) is 11.7. The van der Waals surface area contributed by atoms with Gasteiger partial charge in [-0.3, -0.25) is 4.79 Å². The van der Waals surface area contributed by atoms with Gasteiger partial charge in [0.1, 0.15) is 0 Å². The fraction of sp³-hybridized carbons (Fsp3) is 0.467. The lowest BCUT2D eigenvalue weighted by Gasteiger charge is -2.10. The molecule has 0 aliphatic carbocycles. The monoisotopic (exact) mass is 261 g/mol. The average Bonchev–Trinajstić information content (AvgIpc) is 2.88. The number of esters is 1. The third-order valence-electron chi connectivity index (χ3n) is 3.77. The van der Waals surface area contributed by atoms with Crippen LogP contribution in [-0.2, 0) is 11.3 Å². The van der Waals surface area contributed by atoms with E-state index in [1.54, 1.807) is 6.92 Å². The molecule has 1 unspecified atom stereocenters. The Hall–Kier alpha value is -1.84. The lowest BCUT2D eigenvalue weighted by atomic mass is 9.93. The Morgan fingerprint density at radius 1 is 1.58 bits per heavy atom. The summed E-state index contributed by atoms with van der Waals surface area (Å²) in [5.74, 6) is -0.258. The van der Waals surface area contributed by atoms with Gasteiger partial charge >= 0.3 is 5.97 Å². The summed E-state index contributed by atoms with van der Waals surface area (Å²) in [6.07, 6.45) is 1.71. The Morgan fingerprint density at radius 2 is 2.26 bits per heavy atom. The van der Waals surface area contributed by atoms with Crippen molar-refractivity contribution in [3.8, 4) is 0 Å². The van der Waals surface area contributed by atoms with E-state index in [0.717, 1.165) is 36.2 Å². The second kappa shape index (κ2) is 5.03. The van der Waals surface area contributed by atoms with Crippen molar-refractivity contribution in [1.82, 2.24) is 4.57 Å². The minimum Gasteiger partial charge on any atom is -0.462 e. The first kappa shape index (κ1) is 13.6. The van der Waals surface area contributed by atoms with Gasteiger partial charge in [-0.15, -0.1) is 0 Å². The number of fused-ring (bicyclic) bond motifs is 1. The number of aldehydes is 1. The third kappa shape index (κ3) is 2.01. The molecule has 1 aromatic heterocycles. The summed E-state index contributed by atoms with van der Waals surface area (Å²) in [5, 5.41) is 0. The number of hydrogen-bond donors (Lipinski definition) is 0. The van der Waals surface area contributed by atoms with Crippen molar-refractivity contribution in [3.05, 3.63) is 34.7 Å². The number of rotatable bonds is 4. The van der Waals surface area contributed by atoms with Crippen molar-refractivity contribution in [2.24, 2.45) is 0 Å². The van der Waals surface area contributed by atoms with Crippen LogP contribution in [0.1, 0.15) is 58.3 Å². The SMILES string of the molecule is C=C(C)C1CCn2c(C)c(C(=O)OCC)c(C=O)c21. The van der Waals surface area contributed by atoms with Gasteiger partial charge in [-0.25, -0.2) is 4.79 Å². The number of allylic oxidation sites excluding steroid dienone is 1. The molecule has 0 saturated carbocycles. The minimum atomic E-state index is -0.413. The zero-order chi connectivity index (χ0) is 14.2. The van der Waals surface area contributed by atoms with Gasteiger partial charge in [0.15, 0.2) is 6.29 Å². The largest absolute Gasteiger partial charge is 0.462 e. The van der Waals surface area contributed by atoms with Crippen LogP contribution < -0.4 is 0 Å². The predicted molar refractivity (Wildman–Crippen MR) is 72.7 cm³/mol. The quantitative estimate of drug-likeness (QED) is 0.475. The van der Waals surface area contributed by atoms with Crippen molar-refractivity contribution in [3.63, 3.8) is 0 Å². The molecule has 0 aromatic carbocycles. The number of ether oxygens (including phenoxy) is 1. The van der Waals surface area contributed by atoms with Crippen molar-refractivity contribution in [2.75, 3.05) is 6.61 Å². The molecule has 102 valence electrons. The van der Waals surface area contributed by atoms with Crippen LogP contribution in [0.4, 0.5) is 0 Å². The lowest BCUT2D eigenvalue weighted by molar-refractivity contribution is 0.0523. The first-order chi connectivity index (χ1) is 9.02. The maximum Gasteiger partial charge on any atom is 0.340 e. The van der Waals surface area contributed by atoms with E-state index in [-0.39, 0.29) is 5.92 Å². The number of carbonyl (C=O) groups is 2. The topological polar surface area (TPSA) is 48.3 Å². The molecule has 2 heterocycles. The molecular formula is C15H19NO3. The van der Waals surface area contributed by atoms with E-state index < -0.39 is 5.97 Å². The van der Waals surface area contributed by atoms with Gasteiger partial charge in [0.25, 0.3) is 0 Å². The minimum absolute atomic E-state index is 0.155. The van der Waals surface area contributed by atoms with E-state index >= 15 is 0 Å². The summed E-state index contributed by atoms with van der Waals surface area (Å²) in [5.41, 5.74) is 3.65. The van der Waals surface area contributed by atoms with Gasteiger partial charge in [-0.1, -0.05) is 12.2 Å². The van der Waals surface area contributed by atoms with E-state index in [1.165, 1.54) is 0 Å². The molecule has 0 spiro atoms. The first-order valence-electron chi connectivity index (χ1n) is 6.53. The molecule has 0 saturated heterocycles. The molecule has 0 bridgehead atoms. The van der Waals surface area contributed by atoms with Crippen molar-refractivity contribution >= 4 is 12.3 Å². The lowest BCUT2D eigenvalue weighted by Crippen LogP contribution is -2.09. The fourth-order valence-electron chi connectivity index (χ4n) is 2.90. The molecule has 1 aromatic rings. The summed E-state index contributed by atoms with van der Waals surface area (Å²) < 4.78 is 7.10. The Labute approximate surface area is 113 Å². The molecule has 4 nitrogen and oxygen atoms in total. The molecule has 0 amide bonds. The van der Waals surface area contributed by atoms with Crippen molar-refractivity contribution in [2.45, 2.75) is 39.7 Å². The molecule has 0 fully saturated rings. The Bertz CT molecular complexity index is 554. The van der Waals surface area contributed by atoms with E-state index in [9.17, 15) is 9.59 Å². The highest BCUT2D eigenvalue weighted by Gasteiger charge is 2.33. The highest BCUT2D eigenvalue weighted by Crippen LogP contribution is 2.39. The first-order valence-corrected chi connectivity index (χ1v) is 6.53.